The normalized spacial score (nSPS) is 13.5. The quantitative estimate of drug-likeness (QED) is 0.237. The summed E-state index contributed by atoms with van der Waals surface area (Å²) < 4.78 is 112. The summed E-state index contributed by atoms with van der Waals surface area (Å²) in [6, 6.07) is 1.55. The van der Waals surface area contributed by atoms with Gasteiger partial charge >= 0.3 is 23.9 Å². The van der Waals surface area contributed by atoms with Crippen LogP contribution in [-0.2, 0) is 14.9 Å². The first-order valence-corrected chi connectivity index (χ1v) is 7.78. The molecule has 4 radical (unpaired) electrons. The van der Waals surface area contributed by atoms with Crippen molar-refractivity contribution in [1.82, 2.24) is 0 Å². The van der Waals surface area contributed by atoms with Crippen LogP contribution in [-0.4, -0.2) is 58.3 Å². The fraction of sp³-hybridized carbons (Fsp3) is 0.364. The van der Waals surface area contributed by atoms with Gasteiger partial charge in [-0.3, -0.25) is 4.55 Å². The van der Waals surface area contributed by atoms with E-state index < -0.39 is 56.5 Å². The lowest BCUT2D eigenvalue weighted by atomic mass is 9.84. The number of nitrogens with two attached hydrogens (primary N) is 1. The third-order valence-electron chi connectivity index (χ3n) is 3.02. The number of halogens is 6. The molecule has 0 spiro atoms. The molecule has 6 nitrogen and oxygen atoms in total. The van der Waals surface area contributed by atoms with Gasteiger partial charge in [0.15, 0.2) is 0 Å². The molecule has 0 heterocycles. The molecule has 1 aromatic rings. The van der Waals surface area contributed by atoms with Crippen molar-refractivity contribution in [1.29, 1.82) is 0 Å². The number of alkyl halides is 6. The van der Waals surface area contributed by atoms with Crippen molar-refractivity contribution in [3.05, 3.63) is 17.7 Å². The summed E-state index contributed by atoms with van der Waals surface area (Å²) in [7, 11) is 4.68. The molecular weight excluding hydrogens is 394 g/mol. The smallest absolute Gasteiger partial charge is 0.435 e. The Kier molecular flexibility index (Phi) is 5.70. The van der Waals surface area contributed by atoms with E-state index >= 15 is 0 Å². The average molecular weight is 401 g/mol. The van der Waals surface area contributed by atoms with Gasteiger partial charge < -0.3 is 10.5 Å². The van der Waals surface area contributed by atoms with Crippen LogP contribution in [0.2, 0.25) is 0 Å². The number of benzene rings is 1. The molecular formula is C11H7B2F6NO5S. The van der Waals surface area contributed by atoms with Crippen molar-refractivity contribution in [2.24, 2.45) is 0 Å². The van der Waals surface area contributed by atoms with E-state index in [2.05, 4.69) is 4.74 Å². The summed E-state index contributed by atoms with van der Waals surface area (Å²) in [6.45, 7) is 0. The number of nitrogen functional groups attached to an aromatic ring is 1. The maximum absolute atomic E-state index is 13.1. The lowest BCUT2D eigenvalue weighted by molar-refractivity contribution is -0.356. The fourth-order valence-electron chi connectivity index (χ4n) is 1.81. The van der Waals surface area contributed by atoms with E-state index in [1.54, 1.807) is 0 Å². The SMILES string of the molecule is [B]c1cc([B])c(N)c(C(=O)OC(CS(=O)(=O)O)(C(F)(F)F)C(F)(F)F)c1. The van der Waals surface area contributed by atoms with Gasteiger partial charge in [0.05, 0.1) is 5.56 Å². The number of carbonyl (C=O) groups excluding carboxylic acids is 1. The molecule has 0 aliphatic rings. The number of hydrogen-bond acceptors (Lipinski definition) is 5. The summed E-state index contributed by atoms with van der Waals surface area (Å²) in [4.78, 5) is 11.9. The first kappa shape index (κ1) is 22.2. The molecule has 0 aliphatic heterocycles. The van der Waals surface area contributed by atoms with Crippen molar-refractivity contribution in [2.75, 3.05) is 11.5 Å². The second-order valence-electron chi connectivity index (χ2n) is 5.01. The Labute approximate surface area is 145 Å². The van der Waals surface area contributed by atoms with Crippen LogP contribution < -0.4 is 16.7 Å². The predicted octanol–water partition coefficient (Wildman–Crippen LogP) is -0.236. The monoisotopic (exact) mass is 401 g/mol. The third kappa shape index (κ3) is 4.44. The highest BCUT2D eigenvalue weighted by atomic mass is 32.2. The lowest BCUT2D eigenvalue weighted by Crippen LogP contribution is -2.63. The Morgan fingerprint density at radius 1 is 1.12 bits per heavy atom. The second kappa shape index (κ2) is 6.68. The van der Waals surface area contributed by atoms with E-state index in [0.29, 0.717) is 6.07 Å². The zero-order valence-electron chi connectivity index (χ0n) is 12.4. The molecule has 0 unspecified atom stereocenters. The van der Waals surface area contributed by atoms with Crippen LogP contribution in [0.5, 0.6) is 0 Å². The van der Waals surface area contributed by atoms with E-state index in [1.807, 2.05) is 0 Å². The van der Waals surface area contributed by atoms with Crippen LogP contribution in [0.3, 0.4) is 0 Å². The number of hydrogen-bond donors (Lipinski definition) is 2. The lowest BCUT2D eigenvalue weighted by Gasteiger charge is -2.35. The first-order valence-electron chi connectivity index (χ1n) is 6.18. The molecule has 0 aromatic heterocycles. The van der Waals surface area contributed by atoms with Crippen LogP contribution in [0.15, 0.2) is 12.1 Å². The number of anilines is 1. The van der Waals surface area contributed by atoms with Crippen molar-refractivity contribution in [3.8, 4) is 0 Å². The van der Waals surface area contributed by atoms with Crippen LogP contribution in [0, 0.1) is 0 Å². The highest BCUT2D eigenvalue weighted by Crippen LogP contribution is 2.47. The Balaban J connectivity index is 3.58. The fourth-order valence-corrected chi connectivity index (χ4v) is 2.71. The molecule has 0 aliphatic carbocycles. The van der Waals surface area contributed by atoms with Crippen molar-refractivity contribution < 1.29 is 48.8 Å². The standard InChI is InChI=1S/C11H7B2F6NO5S/c12-4-1-5(7(20)6(13)2-4)8(21)25-9(10(14,15)16,11(17,18)19)3-26(22,23)24/h1-2H,3,20H2,(H,22,23,24). The van der Waals surface area contributed by atoms with Gasteiger partial charge in [0, 0.05) is 5.69 Å². The molecule has 1 aromatic carbocycles. The molecule has 0 saturated carbocycles. The number of esters is 1. The summed E-state index contributed by atoms with van der Waals surface area (Å²) >= 11 is 0. The molecule has 0 fully saturated rings. The van der Waals surface area contributed by atoms with Crippen molar-refractivity contribution >= 4 is 48.4 Å². The van der Waals surface area contributed by atoms with Gasteiger partial charge in [-0.15, -0.1) is 0 Å². The van der Waals surface area contributed by atoms with Gasteiger partial charge in [0.1, 0.15) is 21.4 Å². The minimum Gasteiger partial charge on any atom is -0.435 e. The average Bonchev–Trinajstić information content (AvgIpc) is 2.37. The summed E-state index contributed by atoms with van der Waals surface area (Å²) in [6.07, 6.45) is -12.9. The van der Waals surface area contributed by atoms with Gasteiger partial charge in [-0.2, -0.15) is 34.8 Å². The first-order chi connectivity index (χ1) is 11.4. The Morgan fingerprint density at radius 3 is 1.96 bits per heavy atom. The van der Waals surface area contributed by atoms with Crippen LogP contribution in [0.1, 0.15) is 10.4 Å². The molecule has 0 amide bonds. The number of carbonyl (C=O) groups is 1. The van der Waals surface area contributed by atoms with Gasteiger partial charge in [0.25, 0.3) is 10.1 Å². The van der Waals surface area contributed by atoms with E-state index in [-0.39, 0.29) is 5.46 Å². The molecule has 26 heavy (non-hydrogen) atoms. The maximum atomic E-state index is 13.1. The molecule has 1 rings (SSSR count). The van der Waals surface area contributed by atoms with Crippen LogP contribution in [0.4, 0.5) is 32.0 Å². The van der Waals surface area contributed by atoms with Gasteiger partial charge in [-0.25, -0.2) is 4.79 Å². The Hall–Kier alpha value is -1.89. The van der Waals surface area contributed by atoms with Crippen molar-refractivity contribution in [3.63, 3.8) is 0 Å². The molecule has 15 heteroatoms. The van der Waals surface area contributed by atoms with Gasteiger partial charge in [0.2, 0.25) is 0 Å². The highest BCUT2D eigenvalue weighted by Gasteiger charge is 2.76. The van der Waals surface area contributed by atoms with Gasteiger partial charge in [-0.1, -0.05) is 23.1 Å². The third-order valence-corrected chi connectivity index (χ3v) is 3.79. The van der Waals surface area contributed by atoms with E-state index in [4.69, 9.17) is 26.0 Å². The highest BCUT2D eigenvalue weighted by molar-refractivity contribution is 7.85. The van der Waals surface area contributed by atoms with E-state index in [0.717, 1.165) is 6.07 Å². The van der Waals surface area contributed by atoms with Crippen LogP contribution >= 0.6 is 0 Å². The molecule has 3 N–H and O–H groups in total. The number of ether oxygens (including phenoxy) is 1. The predicted molar refractivity (Wildman–Crippen MR) is 78.3 cm³/mol. The minimum absolute atomic E-state index is 0.344. The molecule has 0 bridgehead atoms. The van der Waals surface area contributed by atoms with Gasteiger partial charge in [-0.05, 0) is 0 Å². The maximum Gasteiger partial charge on any atom is 0.438 e. The molecule has 0 saturated heterocycles. The zero-order valence-corrected chi connectivity index (χ0v) is 13.2. The summed E-state index contributed by atoms with van der Waals surface area (Å²) in [5, 5.41) is 0. The molecule has 0 atom stereocenters. The van der Waals surface area contributed by atoms with Crippen LogP contribution in [0.25, 0.3) is 0 Å². The Morgan fingerprint density at radius 2 is 1.58 bits per heavy atom. The van der Waals surface area contributed by atoms with E-state index in [9.17, 15) is 39.6 Å². The Bertz CT molecular complexity index is 810. The largest absolute Gasteiger partial charge is 0.438 e. The van der Waals surface area contributed by atoms with E-state index in [1.165, 1.54) is 0 Å². The minimum atomic E-state index is -6.46. The zero-order chi connectivity index (χ0) is 20.7. The summed E-state index contributed by atoms with van der Waals surface area (Å²) in [5.41, 5.74) is -2.85. The molecule has 140 valence electrons. The second-order valence-corrected chi connectivity index (χ2v) is 6.46. The topological polar surface area (TPSA) is 107 Å². The number of rotatable bonds is 4. The summed E-state index contributed by atoms with van der Waals surface area (Å²) in [5.74, 6) is -5.32. The van der Waals surface area contributed by atoms with Crippen molar-refractivity contribution in [2.45, 2.75) is 18.0 Å².